The minimum Gasteiger partial charge on any atom is -0.454 e. The molecule has 1 aliphatic heterocycles. The van der Waals surface area contributed by atoms with Gasteiger partial charge in [0.05, 0.1) is 11.7 Å². The molecule has 4 rings (SSSR count). The molecule has 1 aromatic heterocycles. The smallest absolute Gasteiger partial charge is 0.237 e. The van der Waals surface area contributed by atoms with Crippen molar-refractivity contribution in [2.45, 2.75) is 37.6 Å². The van der Waals surface area contributed by atoms with Crippen LogP contribution >= 0.6 is 11.8 Å². The van der Waals surface area contributed by atoms with E-state index in [0.717, 1.165) is 16.8 Å². The third-order valence-corrected chi connectivity index (χ3v) is 6.33. The molecule has 0 spiro atoms. The van der Waals surface area contributed by atoms with E-state index in [2.05, 4.69) is 20.8 Å². The van der Waals surface area contributed by atoms with Gasteiger partial charge in [-0.15, -0.1) is 10.2 Å². The second-order valence-electron chi connectivity index (χ2n) is 7.82. The molecular weight excluding hydrogens is 442 g/mol. The molecule has 2 amide bonds. The van der Waals surface area contributed by atoms with Gasteiger partial charge in [0.25, 0.3) is 0 Å². The first kappa shape index (κ1) is 22.7. The summed E-state index contributed by atoms with van der Waals surface area (Å²) in [6.07, 6.45) is 0.0785. The summed E-state index contributed by atoms with van der Waals surface area (Å²) >= 11 is 1.27. The lowest BCUT2D eigenvalue weighted by atomic mass is 10.1. The highest BCUT2D eigenvalue weighted by Crippen LogP contribution is 2.34. The molecule has 1 atom stereocenters. The Morgan fingerprint density at radius 3 is 2.67 bits per heavy atom. The Hall–Kier alpha value is -3.53. The number of hydrogen-bond donors (Lipinski definition) is 2. The van der Waals surface area contributed by atoms with Gasteiger partial charge in [-0.25, -0.2) is 0 Å². The zero-order valence-electron chi connectivity index (χ0n) is 18.8. The molecule has 0 unspecified atom stereocenters. The number of aromatic nitrogens is 3. The molecule has 3 aromatic rings. The number of benzene rings is 2. The highest BCUT2D eigenvalue weighted by Gasteiger charge is 2.21. The average molecular weight is 468 g/mol. The number of carbonyl (C=O) groups is 2. The molecule has 2 heterocycles. The van der Waals surface area contributed by atoms with Crippen LogP contribution in [-0.2, 0) is 23.1 Å². The van der Waals surface area contributed by atoms with Crippen LogP contribution in [0, 0.1) is 13.8 Å². The van der Waals surface area contributed by atoms with Gasteiger partial charge in [0.1, 0.15) is 5.82 Å². The van der Waals surface area contributed by atoms with E-state index in [4.69, 9.17) is 9.47 Å². The number of aryl methyl sites for hydroxylation is 2. The van der Waals surface area contributed by atoms with Crippen LogP contribution in [-0.4, -0.2) is 38.6 Å². The van der Waals surface area contributed by atoms with Crippen molar-refractivity contribution in [1.82, 2.24) is 14.8 Å². The monoisotopic (exact) mass is 467 g/mol. The van der Waals surface area contributed by atoms with Gasteiger partial charge in [-0.2, -0.15) is 0 Å². The lowest BCUT2D eigenvalue weighted by molar-refractivity contribution is -0.116. The van der Waals surface area contributed by atoms with Gasteiger partial charge in [0, 0.05) is 24.5 Å². The van der Waals surface area contributed by atoms with E-state index in [1.54, 1.807) is 36.7 Å². The zero-order valence-corrected chi connectivity index (χ0v) is 19.7. The number of fused-ring (bicyclic) bond motifs is 1. The topological polar surface area (TPSA) is 107 Å². The highest BCUT2D eigenvalue weighted by molar-refractivity contribution is 8.00. The predicted octanol–water partition coefficient (Wildman–Crippen LogP) is 3.46. The Morgan fingerprint density at radius 1 is 1.09 bits per heavy atom. The van der Waals surface area contributed by atoms with E-state index in [-0.39, 0.29) is 25.0 Å². The van der Waals surface area contributed by atoms with Crippen LogP contribution in [0.5, 0.6) is 11.5 Å². The fourth-order valence-corrected chi connectivity index (χ4v) is 4.16. The van der Waals surface area contributed by atoms with E-state index in [0.29, 0.717) is 28.2 Å². The summed E-state index contributed by atoms with van der Waals surface area (Å²) in [5.41, 5.74) is 3.53. The van der Waals surface area contributed by atoms with Crippen LogP contribution in [0.3, 0.4) is 0 Å². The third-order valence-electron chi connectivity index (χ3n) is 5.19. The maximum absolute atomic E-state index is 12.6. The van der Waals surface area contributed by atoms with Gasteiger partial charge in [-0.05, 0) is 44.5 Å². The van der Waals surface area contributed by atoms with Gasteiger partial charge in [0.15, 0.2) is 16.7 Å². The largest absolute Gasteiger partial charge is 0.454 e. The third kappa shape index (κ3) is 5.28. The van der Waals surface area contributed by atoms with Crippen LogP contribution in [0.25, 0.3) is 0 Å². The maximum atomic E-state index is 12.6. The quantitative estimate of drug-likeness (QED) is 0.513. The molecule has 9 nitrogen and oxygen atoms in total. The standard InChI is InChI=1S/C23H25N5O4S/c1-13-5-7-17(14(2)9-13)25-21(29)11-20-26-27-23(28(20)4)33-15(3)22(30)24-16-6-8-18-19(10-16)32-12-31-18/h5-10,15H,11-12H2,1-4H3,(H,24,30)(H,25,29)/t15-/m1/s1. The molecule has 33 heavy (non-hydrogen) atoms. The van der Waals surface area contributed by atoms with Crippen molar-refractivity contribution < 1.29 is 19.1 Å². The van der Waals surface area contributed by atoms with E-state index < -0.39 is 5.25 Å². The molecule has 0 fully saturated rings. The van der Waals surface area contributed by atoms with Crippen LogP contribution in [0.4, 0.5) is 11.4 Å². The summed E-state index contributed by atoms with van der Waals surface area (Å²) in [5.74, 6) is 1.41. The zero-order chi connectivity index (χ0) is 23.5. The lowest BCUT2D eigenvalue weighted by Crippen LogP contribution is -2.23. The van der Waals surface area contributed by atoms with Crippen molar-refractivity contribution in [2.24, 2.45) is 7.05 Å². The van der Waals surface area contributed by atoms with Gasteiger partial charge < -0.3 is 24.7 Å². The van der Waals surface area contributed by atoms with E-state index in [9.17, 15) is 9.59 Å². The molecule has 1 aliphatic rings. The minimum absolute atomic E-state index is 0.0785. The number of nitrogens with one attached hydrogen (secondary N) is 2. The molecule has 2 N–H and O–H groups in total. The molecule has 0 saturated carbocycles. The number of anilines is 2. The van der Waals surface area contributed by atoms with E-state index in [1.807, 2.05) is 32.0 Å². The fourth-order valence-electron chi connectivity index (χ4n) is 3.32. The first-order valence-corrected chi connectivity index (χ1v) is 11.3. The Labute approximate surface area is 195 Å². The van der Waals surface area contributed by atoms with Crippen molar-refractivity contribution in [3.8, 4) is 11.5 Å². The van der Waals surface area contributed by atoms with Crippen LogP contribution in [0.2, 0.25) is 0 Å². The molecule has 2 aromatic carbocycles. The number of thioether (sulfide) groups is 1. The molecule has 0 saturated heterocycles. The Balaban J connectivity index is 1.34. The number of ether oxygens (including phenoxy) is 2. The lowest BCUT2D eigenvalue weighted by Gasteiger charge is -2.12. The Kier molecular flexibility index (Phi) is 6.55. The summed E-state index contributed by atoms with van der Waals surface area (Å²) in [4.78, 5) is 25.2. The van der Waals surface area contributed by atoms with Crippen LogP contribution in [0.15, 0.2) is 41.6 Å². The second kappa shape index (κ2) is 9.53. The van der Waals surface area contributed by atoms with Crippen molar-refractivity contribution in [3.05, 3.63) is 53.3 Å². The maximum Gasteiger partial charge on any atom is 0.237 e. The average Bonchev–Trinajstić information content (AvgIpc) is 3.37. The SMILES string of the molecule is Cc1ccc(NC(=O)Cc2nnc(S[C@H](C)C(=O)Nc3ccc4c(c3)OCO4)n2C)c(C)c1. The number of nitrogens with zero attached hydrogens (tertiary/aromatic N) is 3. The minimum atomic E-state index is -0.435. The Bertz CT molecular complexity index is 1210. The normalized spacial score (nSPS) is 13.0. The summed E-state index contributed by atoms with van der Waals surface area (Å²) in [6.45, 7) is 5.92. The summed E-state index contributed by atoms with van der Waals surface area (Å²) < 4.78 is 12.4. The van der Waals surface area contributed by atoms with Crippen molar-refractivity contribution in [2.75, 3.05) is 17.4 Å². The first-order chi connectivity index (χ1) is 15.8. The molecule has 0 aliphatic carbocycles. The first-order valence-electron chi connectivity index (χ1n) is 10.4. The summed E-state index contributed by atoms with van der Waals surface area (Å²) in [7, 11) is 1.78. The molecule has 0 bridgehead atoms. The molecule has 172 valence electrons. The van der Waals surface area contributed by atoms with Gasteiger partial charge in [-0.3, -0.25) is 9.59 Å². The predicted molar refractivity (Wildman–Crippen MR) is 126 cm³/mol. The summed E-state index contributed by atoms with van der Waals surface area (Å²) in [6, 6.07) is 11.1. The van der Waals surface area contributed by atoms with Gasteiger partial charge >= 0.3 is 0 Å². The molecule has 10 heteroatoms. The van der Waals surface area contributed by atoms with Crippen molar-refractivity contribution >= 4 is 35.0 Å². The van der Waals surface area contributed by atoms with E-state index >= 15 is 0 Å². The van der Waals surface area contributed by atoms with Crippen LogP contribution < -0.4 is 20.1 Å². The molecular formula is C23H25N5O4S. The van der Waals surface area contributed by atoms with Gasteiger partial charge in [-0.1, -0.05) is 29.5 Å². The fraction of sp³-hybridized carbons (Fsp3) is 0.304. The molecule has 0 radical (unpaired) electrons. The Morgan fingerprint density at radius 2 is 1.88 bits per heavy atom. The number of amides is 2. The van der Waals surface area contributed by atoms with Crippen molar-refractivity contribution in [3.63, 3.8) is 0 Å². The van der Waals surface area contributed by atoms with Crippen LogP contribution in [0.1, 0.15) is 23.9 Å². The van der Waals surface area contributed by atoms with Gasteiger partial charge in [0.2, 0.25) is 18.6 Å². The highest BCUT2D eigenvalue weighted by atomic mass is 32.2. The van der Waals surface area contributed by atoms with Crippen molar-refractivity contribution in [1.29, 1.82) is 0 Å². The second-order valence-corrected chi connectivity index (χ2v) is 9.13. The summed E-state index contributed by atoms with van der Waals surface area (Å²) in [5, 5.41) is 14.2. The number of carbonyl (C=O) groups excluding carboxylic acids is 2. The number of hydrogen-bond acceptors (Lipinski definition) is 7. The van der Waals surface area contributed by atoms with E-state index in [1.165, 1.54) is 11.8 Å². The number of rotatable bonds is 7.